The second-order valence-corrected chi connectivity index (χ2v) is 9.43. The minimum Gasteiger partial charge on any atom is -0.591 e. The van der Waals surface area contributed by atoms with Crippen molar-refractivity contribution in [1.82, 2.24) is 0 Å². The molecule has 0 spiro atoms. The van der Waals surface area contributed by atoms with Crippen LogP contribution in [0.5, 0.6) is 5.75 Å². The summed E-state index contributed by atoms with van der Waals surface area (Å²) < 4.78 is 21.2. The van der Waals surface area contributed by atoms with Gasteiger partial charge in [0.15, 0.2) is 0 Å². The molecule has 3 aliphatic carbocycles. The predicted molar refractivity (Wildman–Crippen MR) is 87.3 cm³/mol. The molecule has 3 aliphatic rings. The van der Waals surface area contributed by atoms with Crippen molar-refractivity contribution in [3.8, 4) is 5.75 Å². The van der Waals surface area contributed by atoms with Crippen LogP contribution in [0.15, 0.2) is 28.7 Å². The van der Waals surface area contributed by atoms with Gasteiger partial charge in [-0.1, -0.05) is 16.5 Å². The van der Waals surface area contributed by atoms with Gasteiger partial charge in [0, 0.05) is 5.41 Å². The van der Waals surface area contributed by atoms with Crippen LogP contribution in [-0.2, 0) is 16.8 Å². The maximum absolute atomic E-state index is 12.0. The number of nitrogens with zero attached hydrogens (tertiary/aromatic N) is 1. The molecule has 1 atom stereocenters. The lowest BCUT2D eigenvalue weighted by Gasteiger charge is -2.69. The van der Waals surface area contributed by atoms with Gasteiger partial charge in [0.25, 0.3) is 0 Å². The smallest absolute Gasteiger partial charge is 0.144 e. The Labute approximate surface area is 130 Å². The molecule has 3 saturated carbocycles. The van der Waals surface area contributed by atoms with Crippen LogP contribution in [0.1, 0.15) is 45.6 Å². The average Bonchev–Trinajstić information content (AvgIpc) is 2.35. The first-order valence-electron chi connectivity index (χ1n) is 7.41. The van der Waals surface area contributed by atoms with Crippen LogP contribution in [-0.4, -0.2) is 22.6 Å². The lowest BCUT2D eigenvalue weighted by molar-refractivity contribution is -0.0776. The minimum absolute atomic E-state index is 0.209. The van der Waals surface area contributed by atoms with Crippen molar-refractivity contribution in [3.63, 3.8) is 0 Å². The summed E-state index contributed by atoms with van der Waals surface area (Å²) in [5.74, 6) is 0.905. The summed E-state index contributed by atoms with van der Waals surface area (Å²) in [5, 5.41) is 0. The van der Waals surface area contributed by atoms with Crippen LogP contribution in [0.2, 0.25) is 0 Å². The summed E-state index contributed by atoms with van der Waals surface area (Å²) in [5.41, 5.74) is 1.94. The quantitative estimate of drug-likeness (QED) is 0.629. The molecule has 0 amide bonds. The molecule has 3 nitrogen and oxygen atoms in total. The summed E-state index contributed by atoms with van der Waals surface area (Å²) in [6.07, 6.45) is 5.38. The first kappa shape index (κ1) is 14.9. The van der Waals surface area contributed by atoms with Crippen LogP contribution in [0.25, 0.3) is 0 Å². The molecule has 0 aromatic heterocycles. The number of ether oxygens (including phenoxy) is 1. The van der Waals surface area contributed by atoms with Crippen LogP contribution in [0.4, 0.5) is 0 Å². The second kappa shape index (κ2) is 4.75. The fourth-order valence-electron chi connectivity index (χ4n) is 3.57. The maximum atomic E-state index is 12.0. The molecule has 3 fully saturated rings. The molecule has 0 N–H and O–H groups in total. The fraction of sp³-hybridized carbons (Fsp3) is 0.588. The molecule has 4 rings (SSSR count). The molecule has 0 radical (unpaired) electrons. The lowest BCUT2D eigenvalue weighted by atomic mass is 9.34. The van der Waals surface area contributed by atoms with Crippen molar-refractivity contribution in [2.24, 2.45) is 9.81 Å². The predicted octanol–water partition coefficient (Wildman–Crippen LogP) is 3.65. The summed E-state index contributed by atoms with van der Waals surface area (Å²) in [6.45, 7) is 5.88. The Bertz CT molecular complexity index is 539. The highest BCUT2D eigenvalue weighted by Gasteiger charge is 2.67. The summed E-state index contributed by atoms with van der Waals surface area (Å²) in [6, 6.07) is 8.41. The topological polar surface area (TPSA) is 44.6 Å². The minimum atomic E-state index is -1.14. The van der Waals surface area contributed by atoms with Gasteiger partial charge < -0.3 is 9.29 Å². The van der Waals surface area contributed by atoms with E-state index in [1.807, 2.05) is 39.1 Å². The maximum Gasteiger partial charge on any atom is 0.144 e. The van der Waals surface area contributed by atoms with Crippen LogP contribution < -0.4 is 4.74 Å². The molecule has 21 heavy (non-hydrogen) atoms. The highest BCUT2D eigenvalue weighted by Crippen LogP contribution is 2.72. The van der Waals surface area contributed by atoms with Gasteiger partial charge in [-0.25, -0.2) is 0 Å². The zero-order chi connectivity index (χ0) is 15.3. The van der Waals surface area contributed by atoms with E-state index < -0.39 is 11.4 Å². The van der Waals surface area contributed by atoms with E-state index in [9.17, 15) is 4.55 Å². The third-order valence-corrected chi connectivity index (χ3v) is 6.06. The van der Waals surface area contributed by atoms with Crippen molar-refractivity contribution in [2.75, 3.05) is 7.11 Å². The molecule has 1 aromatic carbocycles. The third kappa shape index (κ3) is 2.49. The highest BCUT2D eigenvalue weighted by atomic mass is 32.2. The number of methoxy groups -OCH3 is 1. The van der Waals surface area contributed by atoms with E-state index in [-0.39, 0.29) is 10.2 Å². The number of rotatable bonds is 4. The molecular weight excluding hydrogens is 282 g/mol. The van der Waals surface area contributed by atoms with E-state index in [1.165, 1.54) is 5.56 Å². The number of benzene rings is 1. The Kier molecular flexibility index (Phi) is 3.37. The molecular formula is C17H23NO2S. The van der Waals surface area contributed by atoms with E-state index in [0.717, 1.165) is 25.0 Å². The van der Waals surface area contributed by atoms with Gasteiger partial charge >= 0.3 is 0 Å². The standard InChI is InChI=1S/C17H23NO2S/c1-15(2,3)21(19)18-12-16-9-17(10-16,11-16)13-5-7-14(20-4)8-6-13/h5-8,12H,9-11H2,1-4H3/b18-12+. The first-order chi connectivity index (χ1) is 9.79. The van der Waals surface area contributed by atoms with Crippen molar-refractivity contribution < 1.29 is 9.29 Å². The first-order valence-corrected chi connectivity index (χ1v) is 8.51. The monoisotopic (exact) mass is 305 g/mol. The van der Waals surface area contributed by atoms with E-state index in [4.69, 9.17) is 4.74 Å². The van der Waals surface area contributed by atoms with Gasteiger partial charge in [-0.05, 0) is 63.1 Å². The van der Waals surface area contributed by atoms with Crippen LogP contribution >= 0.6 is 0 Å². The Morgan fingerprint density at radius 1 is 1.19 bits per heavy atom. The van der Waals surface area contributed by atoms with Gasteiger partial charge in [0.1, 0.15) is 21.9 Å². The van der Waals surface area contributed by atoms with E-state index in [1.54, 1.807) is 7.11 Å². The zero-order valence-corrected chi connectivity index (χ0v) is 14.0. The molecule has 0 aliphatic heterocycles. The molecule has 2 bridgehead atoms. The van der Waals surface area contributed by atoms with Crippen molar-refractivity contribution in [1.29, 1.82) is 0 Å². The SMILES string of the molecule is COc1ccc(C23CC(/C=N/[S+]([O-])C(C)(C)C)(C2)C3)cc1. The van der Waals surface area contributed by atoms with Gasteiger partial charge in [-0.15, -0.1) is 0 Å². The largest absolute Gasteiger partial charge is 0.591 e. The fourth-order valence-corrected chi connectivity index (χ4v) is 4.21. The number of hydrogen-bond donors (Lipinski definition) is 0. The van der Waals surface area contributed by atoms with Gasteiger partial charge in [-0.3, -0.25) is 0 Å². The van der Waals surface area contributed by atoms with Crippen molar-refractivity contribution in [3.05, 3.63) is 29.8 Å². The highest BCUT2D eigenvalue weighted by molar-refractivity contribution is 7.91. The summed E-state index contributed by atoms with van der Waals surface area (Å²) >= 11 is -1.14. The Hall–Kier alpha value is -1.00. The lowest BCUT2D eigenvalue weighted by Crippen LogP contribution is -2.65. The molecule has 114 valence electrons. The van der Waals surface area contributed by atoms with Crippen LogP contribution in [0.3, 0.4) is 0 Å². The molecule has 0 heterocycles. The van der Waals surface area contributed by atoms with Crippen LogP contribution in [0, 0.1) is 5.41 Å². The van der Waals surface area contributed by atoms with E-state index in [2.05, 4.69) is 16.5 Å². The normalized spacial score (nSPS) is 32.4. The van der Waals surface area contributed by atoms with E-state index >= 15 is 0 Å². The zero-order valence-electron chi connectivity index (χ0n) is 13.2. The molecule has 4 heteroatoms. The van der Waals surface area contributed by atoms with Crippen molar-refractivity contribution in [2.45, 2.75) is 50.2 Å². The second-order valence-electron chi connectivity index (χ2n) is 7.50. The summed E-state index contributed by atoms with van der Waals surface area (Å²) in [4.78, 5) is 0. The third-order valence-electron chi connectivity index (χ3n) is 4.72. The summed E-state index contributed by atoms with van der Waals surface area (Å²) in [7, 11) is 1.69. The Balaban J connectivity index is 1.63. The molecule has 1 aromatic rings. The Morgan fingerprint density at radius 2 is 1.76 bits per heavy atom. The average molecular weight is 305 g/mol. The van der Waals surface area contributed by atoms with Gasteiger partial charge in [-0.2, -0.15) is 0 Å². The molecule has 1 unspecified atom stereocenters. The van der Waals surface area contributed by atoms with E-state index in [0.29, 0.717) is 5.41 Å². The number of hydrogen-bond acceptors (Lipinski definition) is 3. The van der Waals surface area contributed by atoms with Gasteiger partial charge in [0.05, 0.1) is 13.3 Å². The molecule has 0 saturated heterocycles. The van der Waals surface area contributed by atoms with Gasteiger partial charge in [0.2, 0.25) is 0 Å². The van der Waals surface area contributed by atoms with Crippen molar-refractivity contribution >= 4 is 17.6 Å². The Morgan fingerprint density at radius 3 is 2.24 bits per heavy atom.